The van der Waals surface area contributed by atoms with E-state index in [2.05, 4.69) is 24.5 Å². The van der Waals surface area contributed by atoms with Crippen LogP contribution in [0.25, 0.3) is 0 Å². The third-order valence-electron chi connectivity index (χ3n) is 3.51. The predicted molar refractivity (Wildman–Crippen MR) is 93.5 cm³/mol. The molecule has 0 aromatic heterocycles. The molecule has 0 aliphatic carbocycles. The van der Waals surface area contributed by atoms with Gasteiger partial charge in [0.2, 0.25) is 0 Å². The smallest absolute Gasteiger partial charge is 0.321 e. The van der Waals surface area contributed by atoms with Crippen molar-refractivity contribution < 1.29 is 9.59 Å². The number of hydrogen-bond acceptors (Lipinski definition) is 3. The molecule has 1 aromatic rings. The van der Waals surface area contributed by atoms with Crippen LogP contribution in [0.3, 0.4) is 0 Å². The van der Waals surface area contributed by atoms with E-state index in [9.17, 15) is 9.59 Å². The molecule has 3 amide bonds. The van der Waals surface area contributed by atoms with Crippen molar-refractivity contribution in [2.24, 2.45) is 11.7 Å². The number of anilines is 1. The normalized spacial score (nSPS) is 13.3. The average Bonchev–Trinajstić information content (AvgIpc) is 2.46. The van der Waals surface area contributed by atoms with Gasteiger partial charge in [0.05, 0.1) is 0 Å². The quantitative estimate of drug-likeness (QED) is 0.751. The van der Waals surface area contributed by atoms with E-state index in [-0.39, 0.29) is 11.9 Å². The van der Waals surface area contributed by atoms with Gasteiger partial charge >= 0.3 is 6.03 Å². The molecule has 1 rings (SSSR count). The Kier molecular flexibility index (Phi) is 6.57. The fourth-order valence-corrected chi connectivity index (χ4v) is 2.41. The maximum atomic E-state index is 12.5. The topological polar surface area (TPSA) is 87.5 Å². The summed E-state index contributed by atoms with van der Waals surface area (Å²) in [5.74, 6) is 0.231. The second-order valence-corrected chi connectivity index (χ2v) is 6.72. The van der Waals surface area contributed by atoms with Gasteiger partial charge in [-0.05, 0) is 37.5 Å². The third kappa shape index (κ3) is 5.90. The number of urea groups is 1. The van der Waals surface area contributed by atoms with E-state index in [0.29, 0.717) is 23.7 Å². The molecule has 0 heterocycles. The molecule has 1 unspecified atom stereocenters. The zero-order valence-corrected chi connectivity index (χ0v) is 14.6. The Morgan fingerprint density at radius 1 is 1.30 bits per heavy atom. The van der Waals surface area contributed by atoms with Crippen molar-refractivity contribution in [3.63, 3.8) is 0 Å². The van der Waals surface area contributed by atoms with E-state index in [4.69, 9.17) is 5.73 Å². The molecule has 0 saturated carbocycles. The summed E-state index contributed by atoms with van der Waals surface area (Å²) in [5, 5.41) is 5.73. The minimum atomic E-state index is -0.450. The highest BCUT2D eigenvalue weighted by atomic mass is 16.2. The number of hydrogen-bond donors (Lipinski definition) is 3. The second-order valence-electron chi connectivity index (χ2n) is 6.72. The van der Waals surface area contributed by atoms with Crippen molar-refractivity contribution >= 4 is 17.6 Å². The maximum absolute atomic E-state index is 12.5. The SMILES string of the molecule is CC(C)CC(C)(CN)NC(=O)c1cccc(NC(=O)N(C)C)c1. The summed E-state index contributed by atoms with van der Waals surface area (Å²) in [4.78, 5) is 25.6. The number of nitrogens with two attached hydrogens (primary N) is 1. The summed E-state index contributed by atoms with van der Waals surface area (Å²) in [7, 11) is 3.31. The first kappa shape index (κ1) is 19.0. The van der Waals surface area contributed by atoms with Crippen LogP contribution in [0.5, 0.6) is 0 Å². The van der Waals surface area contributed by atoms with Gasteiger partial charge in [-0.15, -0.1) is 0 Å². The summed E-state index contributed by atoms with van der Waals surface area (Å²) in [6.07, 6.45) is 0.798. The second kappa shape index (κ2) is 7.97. The number of nitrogens with one attached hydrogen (secondary N) is 2. The summed E-state index contributed by atoms with van der Waals surface area (Å²) in [6.45, 7) is 6.51. The van der Waals surface area contributed by atoms with Crippen molar-refractivity contribution in [1.82, 2.24) is 10.2 Å². The van der Waals surface area contributed by atoms with E-state index in [1.165, 1.54) is 4.90 Å². The molecule has 6 nitrogen and oxygen atoms in total. The highest BCUT2D eigenvalue weighted by molar-refractivity contribution is 5.97. The van der Waals surface area contributed by atoms with Gasteiger partial charge in [0.25, 0.3) is 5.91 Å². The summed E-state index contributed by atoms with van der Waals surface area (Å²) < 4.78 is 0. The molecular weight excluding hydrogens is 292 g/mol. The maximum Gasteiger partial charge on any atom is 0.321 e. The van der Waals surface area contributed by atoms with Crippen LogP contribution in [-0.2, 0) is 0 Å². The fraction of sp³-hybridized carbons (Fsp3) is 0.529. The van der Waals surface area contributed by atoms with E-state index in [1.54, 1.807) is 38.4 Å². The number of rotatable bonds is 6. The minimum absolute atomic E-state index is 0.195. The van der Waals surface area contributed by atoms with Crippen LogP contribution in [0.1, 0.15) is 37.6 Å². The molecule has 0 saturated heterocycles. The molecule has 0 aliphatic rings. The first-order valence-electron chi connectivity index (χ1n) is 7.78. The number of amides is 3. The monoisotopic (exact) mass is 320 g/mol. The molecule has 0 radical (unpaired) electrons. The molecule has 0 bridgehead atoms. The summed E-state index contributed by atoms with van der Waals surface area (Å²) >= 11 is 0. The van der Waals surface area contributed by atoms with E-state index < -0.39 is 5.54 Å². The lowest BCUT2D eigenvalue weighted by Gasteiger charge is -2.31. The van der Waals surface area contributed by atoms with Crippen LogP contribution in [0.15, 0.2) is 24.3 Å². The van der Waals surface area contributed by atoms with Gasteiger partial charge in [0.1, 0.15) is 0 Å². The van der Waals surface area contributed by atoms with Crippen LogP contribution in [0.2, 0.25) is 0 Å². The van der Waals surface area contributed by atoms with Crippen molar-refractivity contribution in [3.8, 4) is 0 Å². The van der Waals surface area contributed by atoms with E-state index in [1.807, 2.05) is 6.92 Å². The number of carbonyl (C=O) groups excluding carboxylic acids is 2. The molecule has 23 heavy (non-hydrogen) atoms. The number of benzene rings is 1. The Balaban J connectivity index is 2.86. The molecular formula is C17H28N4O2. The van der Waals surface area contributed by atoms with Crippen LogP contribution in [0.4, 0.5) is 10.5 Å². The number of nitrogens with zero attached hydrogens (tertiary/aromatic N) is 1. The van der Waals surface area contributed by atoms with Crippen LogP contribution >= 0.6 is 0 Å². The molecule has 0 aliphatic heterocycles. The molecule has 4 N–H and O–H groups in total. The van der Waals surface area contributed by atoms with Crippen molar-refractivity contribution in [3.05, 3.63) is 29.8 Å². The lowest BCUT2D eigenvalue weighted by molar-refractivity contribution is 0.0898. The van der Waals surface area contributed by atoms with Gasteiger partial charge in [-0.3, -0.25) is 4.79 Å². The fourth-order valence-electron chi connectivity index (χ4n) is 2.41. The highest BCUT2D eigenvalue weighted by Gasteiger charge is 2.26. The Bertz CT molecular complexity index is 557. The molecule has 0 fully saturated rings. The highest BCUT2D eigenvalue weighted by Crippen LogP contribution is 2.17. The number of carbonyl (C=O) groups is 2. The summed E-state index contributed by atoms with van der Waals surface area (Å²) in [6, 6.07) is 6.61. The minimum Gasteiger partial charge on any atom is -0.346 e. The van der Waals surface area contributed by atoms with Gasteiger partial charge < -0.3 is 21.3 Å². The predicted octanol–water partition coefficient (Wildman–Crippen LogP) is 2.27. The van der Waals surface area contributed by atoms with Gasteiger partial charge in [-0.2, -0.15) is 0 Å². The van der Waals surface area contributed by atoms with Crippen LogP contribution in [-0.4, -0.2) is 43.0 Å². The largest absolute Gasteiger partial charge is 0.346 e. The molecule has 1 atom stereocenters. The zero-order valence-electron chi connectivity index (χ0n) is 14.6. The Labute approximate surface area is 138 Å². The summed E-state index contributed by atoms with van der Waals surface area (Å²) in [5.41, 5.74) is 6.45. The average molecular weight is 320 g/mol. The standard InChI is InChI=1S/C17H28N4O2/c1-12(2)10-17(3,11-18)20-15(22)13-7-6-8-14(9-13)19-16(23)21(4)5/h6-9,12H,10-11,18H2,1-5H3,(H,19,23)(H,20,22). The lowest BCUT2D eigenvalue weighted by Crippen LogP contribution is -2.52. The zero-order chi connectivity index (χ0) is 17.6. The van der Waals surface area contributed by atoms with Gasteiger partial charge in [0, 0.05) is 37.4 Å². The molecule has 128 valence electrons. The Morgan fingerprint density at radius 3 is 2.48 bits per heavy atom. The molecule has 6 heteroatoms. The van der Waals surface area contributed by atoms with Crippen molar-refractivity contribution in [2.75, 3.05) is 26.0 Å². The van der Waals surface area contributed by atoms with Crippen LogP contribution in [0, 0.1) is 5.92 Å². The van der Waals surface area contributed by atoms with Gasteiger partial charge in [0.15, 0.2) is 0 Å². The third-order valence-corrected chi connectivity index (χ3v) is 3.51. The first-order valence-corrected chi connectivity index (χ1v) is 7.78. The van der Waals surface area contributed by atoms with E-state index >= 15 is 0 Å². The lowest BCUT2D eigenvalue weighted by atomic mass is 9.90. The molecule has 0 spiro atoms. The van der Waals surface area contributed by atoms with Gasteiger partial charge in [-0.25, -0.2) is 4.79 Å². The van der Waals surface area contributed by atoms with Crippen molar-refractivity contribution in [2.45, 2.75) is 32.7 Å². The molecule has 1 aromatic carbocycles. The van der Waals surface area contributed by atoms with Crippen molar-refractivity contribution in [1.29, 1.82) is 0 Å². The Hall–Kier alpha value is -2.08. The van der Waals surface area contributed by atoms with E-state index in [0.717, 1.165) is 6.42 Å². The van der Waals surface area contributed by atoms with Crippen LogP contribution < -0.4 is 16.4 Å². The Morgan fingerprint density at radius 2 is 1.96 bits per heavy atom. The van der Waals surface area contributed by atoms with Gasteiger partial charge in [-0.1, -0.05) is 19.9 Å². The first-order chi connectivity index (χ1) is 10.7.